The number of fused-ring (bicyclic) bond motifs is 1. The number of benzene rings is 2. The van der Waals surface area contributed by atoms with Gasteiger partial charge in [0.05, 0.1) is 12.5 Å². The summed E-state index contributed by atoms with van der Waals surface area (Å²) in [5.74, 6) is -11.9. The molecule has 1 aliphatic rings. The lowest BCUT2D eigenvalue weighted by Crippen LogP contribution is -2.61. The van der Waals surface area contributed by atoms with Crippen molar-refractivity contribution in [3.63, 3.8) is 0 Å². The Kier molecular flexibility index (Phi) is 33.7. The number of para-hydroxylation sites is 1. The molecule has 540 valence electrons. The minimum Gasteiger partial charge on any atom is -0.480 e. The molecule has 0 saturated carbocycles. The Hall–Kier alpha value is -10.1. The number of nitrogens with one attached hydrogen (secondary N) is 9. The Bertz CT molecular complexity index is 3260. The van der Waals surface area contributed by atoms with Crippen LogP contribution >= 0.6 is 0 Å². The second-order valence-electron chi connectivity index (χ2n) is 24.7. The number of aromatic nitrogens is 1. The first kappa shape index (κ1) is 80.3. The smallest absolute Gasteiger partial charge is 0.326 e. The Labute approximate surface area is 569 Å². The molecule has 11 atom stereocenters. The number of likely N-dealkylation sites (tertiary alicyclic amines) is 1. The molecule has 3 aromatic rings. The molecule has 1 saturated heterocycles. The molecule has 1 fully saturated rings. The van der Waals surface area contributed by atoms with Crippen LogP contribution in [0.25, 0.3) is 10.9 Å². The average molecular weight is 1370 g/mol. The topological polar surface area (TPSA) is 595 Å². The summed E-state index contributed by atoms with van der Waals surface area (Å²) >= 11 is 0. The van der Waals surface area contributed by atoms with Gasteiger partial charge in [0.2, 0.25) is 59.1 Å². The number of rotatable bonds is 43. The van der Waals surface area contributed by atoms with Gasteiger partial charge in [-0.15, -0.1) is 0 Å². The number of hydrogen-bond donors (Lipinski definition) is 19. The van der Waals surface area contributed by atoms with Crippen LogP contribution in [-0.2, 0) is 65.6 Å². The van der Waals surface area contributed by atoms with Gasteiger partial charge in [0, 0.05) is 49.7 Å². The van der Waals surface area contributed by atoms with Crippen molar-refractivity contribution in [3.05, 3.63) is 71.9 Å². The Morgan fingerprint density at radius 3 is 1.59 bits per heavy atom. The minimum absolute atomic E-state index is 0.00296. The highest BCUT2D eigenvalue weighted by Crippen LogP contribution is 2.24. The first-order chi connectivity index (χ1) is 46.5. The van der Waals surface area contributed by atoms with Crippen molar-refractivity contribution in [1.29, 1.82) is 0 Å². The molecule has 1 aliphatic heterocycles. The van der Waals surface area contributed by atoms with E-state index in [1.54, 1.807) is 33.9 Å². The number of aliphatic imine (C=N–C) groups is 3. The van der Waals surface area contributed by atoms with Crippen molar-refractivity contribution in [2.24, 2.45) is 78.4 Å². The fourth-order valence-corrected chi connectivity index (χ4v) is 11.0. The third-order valence-electron chi connectivity index (χ3n) is 16.6. The molecule has 10 amide bonds. The average Bonchev–Trinajstić information content (AvgIpc) is 1.65. The van der Waals surface area contributed by atoms with E-state index in [0.717, 1.165) is 16.5 Å². The lowest BCUT2D eigenvalue weighted by atomic mass is 9.96. The second-order valence-corrected chi connectivity index (χ2v) is 24.7. The van der Waals surface area contributed by atoms with Crippen LogP contribution in [0.4, 0.5) is 0 Å². The molecule has 0 bridgehead atoms. The van der Waals surface area contributed by atoms with E-state index in [1.165, 1.54) is 4.90 Å². The maximum atomic E-state index is 14.9. The summed E-state index contributed by atoms with van der Waals surface area (Å²) < 4.78 is 0. The summed E-state index contributed by atoms with van der Waals surface area (Å²) in [6, 6.07) is 2.90. The monoisotopic (exact) mass is 1370 g/mol. The third kappa shape index (κ3) is 26.8. The number of carboxylic acid groups (broad SMARTS) is 1. The van der Waals surface area contributed by atoms with Gasteiger partial charge >= 0.3 is 5.97 Å². The number of unbranched alkanes of at least 4 members (excludes halogenated alkanes) is 1. The summed E-state index contributed by atoms with van der Waals surface area (Å²) in [4.78, 5) is 171. The molecule has 28 N–H and O–H groups in total. The van der Waals surface area contributed by atoms with Crippen molar-refractivity contribution in [2.45, 2.75) is 184 Å². The highest BCUT2D eigenvalue weighted by atomic mass is 16.4. The van der Waals surface area contributed by atoms with E-state index in [4.69, 9.17) is 51.6 Å². The fourth-order valence-electron chi connectivity index (χ4n) is 11.0. The lowest BCUT2D eigenvalue weighted by Gasteiger charge is -2.31. The first-order valence-corrected chi connectivity index (χ1v) is 33.0. The fraction of sp³-hybridized carbons (Fsp3) is 0.562. The summed E-state index contributed by atoms with van der Waals surface area (Å²) in [5.41, 5.74) is 53.3. The first-order valence-electron chi connectivity index (χ1n) is 33.0. The van der Waals surface area contributed by atoms with Crippen LogP contribution in [0.15, 0.2) is 75.8 Å². The predicted molar refractivity (Wildman–Crippen MR) is 369 cm³/mol. The van der Waals surface area contributed by atoms with Gasteiger partial charge in [0.1, 0.15) is 54.4 Å². The second kappa shape index (κ2) is 41.1. The molecule has 2 aromatic carbocycles. The number of carbonyl (C=O) groups excluding carboxylic acids is 10. The molecule has 0 aliphatic carbocycles. The molecular weight excluding hydrogens is 1270 g/mol. The van der Waals surface area contributed by atoms with Gasteiger partial charge in [-0.3, -0.25) is 62.9 Å². The summed E-state index contributed by atoms with van der Waals surface area (Å²) in [6.45, 7) is 6.96. The molecular formula is C64H102N22O12. The zero-order chi connectivity index (χ0) is 72.6. The molecule has 34 heteroatoms. The van der Waals surface area contributed by atoms with E-state index in [-0.39, 0.29) is 121 Å². The number of carboxylic acids is 1. The van der Waals surface area contributed by atoms with E-state index in [2.05, 4.69) is 62.5 Å². The highest BCUT2D eigenvalue weighted by molar-refractivity contribution is 6.00. The number of guanidine groups is 3. The van der Waals surface area contributed by atoms with Crippen LogP contribution in [0.3, 0.4) is 0 Å². The van der Waals surface area contributed by atoms with Gasteiger partial charge in [-0.1, -0.05) is 82.6 Å². The van der Waals surface area contributed by atoms with Crippen molar-refractivity contribution in [2.75, 3.05) is 32.7 Å². The normalized spacial score (nSPS) is 15.7. The van der Waals surface area contributed by atoms with Crippen LogP contribution in [-0.4, -0.2) is 191 Å². The number of nitrogens with two attached hydrogens (primary N) is 9. The van der Waals surface area contributed by atoms with Crippen LogP contribution in [0.2, 0.25) is 0 Å². The van der Waals surface area contributed by atoms with E-state index < -0.39 is 144 Å². The lowest BCUT2D eigenvalue weighted by molar-refractivity contribution is -0.143. The molecule has 0 spiro atoms. The van der Waals surface area contributed by atoms with E-state index in [0.29, 0.717) is 24.8 Å². The number of aromatic amines is 1. The zero-order valence-corrected chi connectivity index (χ0v) is 56.3. The van der Waals surface area contributed by atoms with Gasteiger partial charge < -0.3 is 109 Å². The maximum absolute atomic E-state index is 14.9. The minimum atomic E-state index is -1.78. The van der Waals surface area contributed by atoms with Gasteiger partial charge in [-0.2, -0.15) is 0 Å². The van der Waals surface area contributed by atoms with Crippen LogP contribution in [0, 0.1) is 11.8 Å². The van der Waals surface area contributed by atoms with Crippen molar-refractivity contribution in [3.8, 4) is 0 Å². The van der Waals surface area contributed by atoms with Crippen LogP contribution in [0.5, 0.6) is 0 Å². The third-order valence-corrected chi connectivity index (χ3v) is 16.6. The van der Waals surface area contributed by atoms with Gasteiger partial charge in [0.15, 0.2) is 17.9 Å². The highest BCUT2D eigenvalue weighted by Gasteiger charge is 2.41. The SMILES string of the molecule is CC[C@H](C)[C@H](NC(=O)[C@H](CC(N)=O)NC(=O)[C@H](CCCN=C(N)N)NC(=O)[C@@H]1CCCN1C(=O)[C@H](Cc1c[nH]c2ccccc12)NC(=O)[C@@H](N)Cc1ccccc1)C(=O)N[C@@H](CCCN=C(N)N)C(=O)N[C@@H](CCCCN)C(=O)N[C@H](C(=O)N[C@@H](CCCN=C(N)N)C(=O)O)C(C)C. The number of primary amides is 1. The van der Waals surface area contributed by atoms with E-state index in [9.17, 15) is 57.8 Å². The molecule has 34 nitrogen and oxygen atoms in total. The molecule has 0 unspecified atom stereocenters. The largest absolute Gasteiger partial charge is 0.480 e. The molecule has 0 radical (unpaired) electrons. The van der Waals surface area contributed by atoms with Gasteiger partial charge in [-0.25, -0.2) is 4.79 Å². The van der Waals surface area contributed by atoms with Crippen molar-refractivity contribution < 1.29 is 57.8 Å². The number of amides is 10. The molecule has 1 aromatic heterocycles. The van der Waals surface area contributed by atoms with Gasteiger partial charge in [-0.05, 0) is 113 Å². The number of H-pyrrole nitrogens is 1. The Morgan fingerprint density at radius 2 is 1.04 bits per heavy atom. The summed E-state index contributed by atoms with van der Waals surface area (Å²) in [6.07, 6.45) is 2.62. The molecule has 2 heterocycles. The standard InChI is InChI=1S/C64H102N22O12/c1-5-36(4)51(59(95)80-44(23-14-28-75-63(70)71)53(89)78-42(21-11-12-26-65)55(91)84-50(35(2)3)58(94)81-45(61(97)98)24-15-29-76-64(72)73)85-56(92)46(33-49(67)87)82-54(90)43(22-13-27-74-62(68)69)79-57(93)48-25-16-30-86(48)60(96)47(32-38-34-77-41-20-10-9-19-39(38)41)83-52(88)40(66)31-37-17-7-6-8-18-37/h6-10,17-20,34-36,40,42-48,50-51,77H,5,11-16,21-33,65-66H2,1-4H3,(H2,67,87)(H,78,89)(H,79,93)(H,80,95)(H,81,94)(H,82,90)(H,83,88)(H,84,91)(H,85,92)(H,97,98)(H4,68,69,74)(H4,70,71,75)(H4,72,73,76)/t36-,40-,42-,43-,44-,45-,46-,47-,48-,50-,51-/m0/s1. The quantitative estimate of drug-likeness (QED) is 0.0146. The van der Waals surface area contributed by atoms with E-state index >= 15 is 0 Å². The summed E-state index contributed by atoms with van der Waals surface area (Å²) in [5, 5.41) is 31.9. The Balaban J connectivity index is 1.60. The van der Waals surface area contributed by atoms with Crippen LogP contribution in [0.1, 0.15) is 122 Å². The Morgan fingerprint density at radius 1 is 0.561 bits per heavy atom. The predicted octanol–water partition coefficient (Wildman–Crippen LogP) is -3.90. The number of carbonyl (C=O) groups is 11. The maximum Gasteiger partial charge on any atom is 0.326 e. The molecule has 98 heavy (non-hydrogen) atoms. The molecule has 4 rings (SSSR count). The van der Waals surface area contributed by atoms with Crippen molar-refractivity contribution >= 4 is 93.8 Å². The van der Waals surface area contributed by atoms with E-state index in [1.807, 2.05) is 54.6 Å². The number of hydrogen-bond acceptors (Lipinski definition) is 16. The zero-order valence-electron chi connectivity index (χ0n) is 56.3. The number of aliphatic carboxylic acids is 1. The van der Waals surface area contributed by atoms with Gasteiger partial charge in [0.25, 0.3) is 0 Å². The van der Waals surface area contributed by atoms with Crippen molar-refractivity contribution in [1.82, 2.24) is 52.4 Å². The summed E-state index contributed by atoms with van der Waals surface area (Å²) in [7, 11) is 0. The number of nitrogens with zero attached hydrogens (tertiary/aromatic N) is 4. The van der Waals surface area contributed by atoms with Crippen LogP contribution < -0.4 is 94.1 Å².